The minimum atomic E-state index is -0.976. The van der Waals surface area contributed by atoms with Crippen molar-refractivity contribution in [3.05, 3.63) is 35.4 Å². The Labute approximate surface area is 146 Å². The zero-order valence-corrected chi connectivity index (χ0v) is 14.3. The van der Waals surface area contributed by atoms with Gasteiger partial charge in [-0.3, -0.25) is 15.1 Å². The first-order valence-electron chi connectivity index (χ1n) is 8.58. The lowest BCUT2D eigenvalue weighted by molar-refractivity contribution is -0.142. The number of amides is 3. The Kier molecular flexibility index (Phi) is 5.01. The second-order valence-corrected chi connectivity index (χ2v) is 6.71. The third-order valence-corrected chi connectivity index (χ3v) is 4.71. The Hall–Kier alpha value is -2.44. The molecule has 3 rings (SSSR count). The molecule has 25 heavy (non-hydrogen) atoms. The van der Waals surface area contributed by atoms with E-state index in [0.29, 0.717) is 25.8 Å². The van der Waals surface area contributed by atoms with E-state index in [1.165, 1.54) is 9.80 Å². The summed E-state index contributed by atoms with van der Waals surface area (Å²) < 4.78 is 13.0. The van der Waals surface area contributed by atoms with Crippen LogP contribution in [0.2, 0.25) is 0 Å². The Balaban J connectivity index is 1.65. The zero-order chi connectivity index (χ0) is 18.0. The second-order valence-electron chi connectivity index (χ2n) is 6.71. The van der Waals surface area contributed by atoms with Gasteiger partial charge in [-0.25, -0.2) is 9.18 Å². The molecule has 2 aliphatic heterocycles. The average Bonchev–Trinajstić information content (AvgIpc) is 2.57. The van der Waals surface area contributed by atoms with Crippen LogP contribution < -0.4 is 5.32 Å². The standard InChI is InChI=1S/C18H23FN4O2/c1-12-5-7-13(8-6-12)9-21-18(25)23-15(3-2-4-16(23)20)17(24)22-10-14(19)11-22/h5-8,14-15,20H,2-4,9-11H2,1H3,(H,21,25). The minimum absolute atomic E-state index is 0.0848. The summed E-state index contributed by atoms with van der Waals surface area (Å²) in [5, 5.41) is 10.9. The molecule has 3 amide bonds. The van der Waals surface area contributed by atoms with Gasteiger partial charge in [0.05, 0.1) is 13.1 Å². The molecule has 2 heterocycles. The van der Waals surface area contributed by atoms with Crippen LogP contribution in [0.5, 0.6) is 0 Å². The van der Waals surface area contributed by atoms with Crippen molar-refractivity contribution in [3.8, 4) is 0 Å². The first-order valence-corrected chi connectivity index (χ1v) is 8.58. The molecule has 6 nitrogen and oxygen atoms in total. The summed E-state index contributed by atoms with van der Waals surface area (Å²) in [5.74, 6) is -0.118. The fraction of sp³-hybridized carbons (Fsp3) is 0.500. The van der Waals surface area contributed by atoms with Crippen LogP contribution in [0.1, 0.15) is 30.4 Å². The van der Waals surface area contributed by atoms with Gasteiger partial charge < -0.3 is 10.2 Å². The molecule has 7 heteroatoms. The Bertz CT molecular complexity index is 670. The first kappa shape index (κ1) is 17.4. The molecule has 1 unspecified atom stereocenters. The number of hydrogen-bond donors (Lipinski definition) is 2. The molecule has 0 bridgehead atoms. The van der Waals surface area contributed by atoms with E-state index in [4.69, 9.17) is 5.41 Å². The van der Waals surface area contributed by atoms with E-state index in [1.807, 2.05) is 31.2 Å². The van der Waals surface area contributed by atoms with Crippen molar-refractivity contribution >= 4 is 17.8 Å². The van der Waals surface area contributed by atoms with Gasteiger partial charge in [-0.2, -0.15) is 0 Å². The maximum atomic E-state index is 13.0. The van der Waals surface area contributed by atoms with Crippen LogP contribution in [0.3, 0.4) is 0 Å². The number of benzene rings is 1. The van der Waals surface area contributed by atoms with Crippen molar-refractivity contribution < 1.29 is 14.0 Å². The Morgan fingerprint density at radius 1 is 1.28 bits per heavy atom. The number of piperidine rings is 1. The lowest BCUT2D eigenvalue weighted by Crippen LogP contribution is -2.62. The number of nitrogens with zero attached hydrogens (tertiary/aromatic N) is 2. The summed E-state index contributed by atoms with van der Waals surface area (Å²) in [6.45, 7) is 2.49. The molecule has 2 fully saturated rings. The summed E-state index contributed by atoms with van der Waals surface area (Å²) in [7, 11) is 0. The number of aryl methyl sites for hydroxylation is 1. The van der Waals surface area contributed by atoms with Gasteiger partial charge in [0.15, 0.2) is 0 Å². The summed E-state index contributed by atoms with van der Waals surface area (Å²) >= 11 is 0. The number of carbonyl (C=O) groups is 2. The number of alkyl halides is 1. The van der Waals surface area contributed by atoms with Gasteiger partial charge in [0, 0.05) is 13.0 Å². The predicted octanol–water partition coefficient (Wildman–Crippen LogP) is 2.22. The number of likely N-dealkylation sites (tertiary alicyclic amines) is 2. The lowest BCUT2D eigenvalue weighted by Gasteiger charge is -2.41. The van der Waals surface area contributed by atoms with Crippen molar-refractivity contribution in [2.45, 2.75) is 44.9 Å². The number of amidine groups is 1. The lowest BCUT2D eigenvalue weighted by atomic mass is 9.98. The monoisotopic (exact) mass is 346 g/mol. The van der Waals surface area contributed by atoms with Crippen molar-refractivity contribution in [2.75, 3.05) is 13.1 Å². The third-order valence-electron chi connectivity index (χ3n) is 4.71. The number of hydrogen-bond acceptors (Lipinski definition) is 3. The van der Waals surface area contributed by atoms with Crippen molar-refractivity contribution in [1.29, 1.82) is 5.41 Å². The normalized spacial score (nSPS) is 21.0. The summed E-state index contributed by atoms with van der Waals surface area (Å²) in [4.78, 5) is 27.8. The van der Waals surface area contributed by atoms with Gasteiger partial charge in [0.1, 0.15) is 18.0 Å². The van der Waals surface area contributed by atoms with Gasteiger partial charge in [0.2, 0.25) is 5.91 Å². The van der Waals surface area contributed by atoms with E-state index in [-0.39, 0.29) is 24.8 Å². The molecular weight excluding hydrogens is 323 g/mol. The molecule has 1 atom stereocenters. The van der Waals surface area contributed by atoms with Gasteiger partial charge in [0.25, 0.3) is 0 Å². The molecule has 0 radical (unpaired) electrons. The SMILES string of the molecule is Cc1ccc(CNC(=O)N2C(=N)CCCC2C(=O)N2CC(F)C2)cc1. The van der Waals surface area contributed by atoms with Crippen molar-refractivity contribution in [1.82, 2.24) is 15.1 Å². The Morgan fingerprint density at radius 2 is 1.96 bits per heavy atom. The topological polar surface area (TPSA) is 76.5 Å². The molecule has 134 valence electrons. The average molecular weight is 346 g/mol. The van der Waals surface area contributed by atoms with Gasteiger partial charge in [-0.05, 0) is 25.3 Å². The Morgan fingerprint density at radius 3 is 2.60 bits per heavy atom. The number of halogens is 1. The van der Waals surface area contributed by atoms with E-state index in [1.54, 1.807) is 0 Å². The molecule has 0 aliphatic carbocycles. The predicted molar refractivity (Wildman–Crippen MR) is 92.1 cm³/mol. The quantitative estimate of drug-likeness (QED) is 0.880. The third kappa shape index (κ3) is 3.81. The van der Waals surface area contributed by atoms with Crippen LogP contribution in [0.15, 0.2) is 24.3 Å². The van der Waals surface area contributed by atoms with E-state index in [9.17, 15) is 14.0 Å². The van der Waals surface area contributed by atoms with Crippen LogP contribution in [0.4, 0.5) is 9.18 Å². The fourth-order valence-corrected chi connectivity index (χ4v) is 3.18. The van der Waals surface area contributed by atoms with Gasteiger partial charge in [-0.15, -0.1) is 0 Å². The van der Waals surface area contributed by atoms with Gasteiger partial charge in [-0.1, -0.05) is 29.8 Å². The minimum Gasteiger partial charge on any atom is -0.335 e. The summed E-state index contributed by atoms with van der Waals surface area (Å²) in [6.07, 6.45) is 0.681. The highest BCUT2D eigenvalue weighted by Gasteiger charge is 2.41. The van der Waals surface area contributed by atoms with E-state index in [0.717, 1.165) is 11.1 Å². The zero-order valence-electron chi connectivity index (χ0n) is 14.3. The smallest absolute Gasteiger partial charge is 0.323 e. The van der Waals surface area contributed by atoms with Crippen LogP contribution in [-0.4, -0.2) is 52.9 Å². The molecular formula is C18H23FN4O2. The largest absolute Gasteiger partial charge is 0.335 e. The van der Waals surface area contributed by atoms with Crippen LogP contribution >= 0.6 is 0 Å². The second kappa shape index (κ2) is 7.21. The van der Waals surface area contributed by atoms with E-state index in [2.05, 4.69) is 5.32 Å². The molecule has 2 aliphatic rings. The summed E-state index contributed by atoms with van der Waals surface area (Å²) in [5.41, 5.74) is 2.09. The van der Waals surface area contributed by atoms with Crippen molar-refractivity contribution in [2.24, 2.45) is 0 Å². The number of rotatable bonds is 3. The highest BCUT2D eigenvalue weighted by molar-refractivity contribution is 6.01. The van der Waals surface area contributed by atoms with E-state index >= 15 is 0 Å². The first-order chi connectivity index (χ1) is 12.0. The maximum absolute atomic E-state index is 13.0. The molecule has 0 spiro atoms. The molecule has 0 aromatic heterocycles. The number of urea groups is 1. The van der Waals surface area contributed by atoms with Gasteiger partial charge >= 0.3 is 6.03 Å². The molecule has 1 aromatic rings. The number of carbonyl (C=O) groups excluding carboxylic acids is 2. The number of nitrogens with one attached hydrogen (secondary N) is 2. The highest BCUT2D eigenvalue weighted by atomic mass is 19.1. The highest BCUT2D eigenvalue weighted by Crippen LogP contribution is 2.23. The fourth-order valence-electron chi connectivity index (χ4n) is 3.18. The molecule has 1 aromatic carbocycles. The van der Waals surface area contributed by atoms with Crippen LogP contribution in [0, 0.1) is 12.3 Å². The molecule has 0 saturated carbocycles. The van der Waals surface area contributed by atoms with Crippen LogP contribution in [0.25, 0.3) is 0 Å². The molecule has 2 saturated heterocycles. The maximum Gasteiger partial charge on any atom is 0.323 e. The summed E-state index contributed by atoms with van der Waals surface area (Å²) in [6, 6.07) is 6.65. The van der Waals surface area contributed by atoms with E-state index < -0.39 is 18.2 Å². The van der Waals surface area contributed by atoms with Crippen molar-refractivity contribution in [3.63, 3.8) is 0 Å². The van der Waals surface area contributed by atoms with Crippen LogP contribution in [-0.2, 0) is 11.3 Å². The molecule has 2 N–H and O–H groups in total.